The standard InChI is InChI=1S/C19H17N3O5/c1-11-7-8-16(27-11)15-9-13(12-5-3-4-6-14(12)21-15)18(24)26-10-17(23)22-19(25)20-2/h3-9H,10H2,1-2H3,(H2,20,22,23,25). The van der Waals surface area contributed by atoms with Crippen LogP contribution in [0.1, 0.15) is 16.1 Å². The van der Waals surface area contributed by atoms with E-state index in [0.717, 1.165) is 5.76 Å². The highest BCUT2D eigenvalue weighted by molar-refractivity contribution is 6.05. The molecule has 0 fully saturated rings. The lowest BCUT2D eigenvalue weighted by atomic mass is 10.1. The van der Waals surface area contributed by atoms with Crippen LogP contribution in [0.5, 0.6) is 0 Å². The summed E-state index contributed by atoms with van der Waals surface area (Å²) >= 11 is 0. The average molecular weight is 367 g/mol. The molecule has 2 heterocycles. The summed E-state index contributed by atoms with van der Waals surface area (Å²) in [6.07, 6.45) is 0. The second-order valence-electron chi connectivity index (χ2n) is 5.69. The Hall–Kier alpha value is -3.68. The number of urea groups is 1. The van der Waals surface area contributed by atoms with Crippen molar-refractivity contribution in [1.29, 1.82) is 0 Å². The van der Waals surface area contributed by atoms with Gasteiger partial charge in [0.25, 0.3) is 5.91 Å². The predicted molar refractivity (Wildman–Crippen MR) is 97.1 cm³/mol. The highest BCUT2D eigenvalue weighted by Gasteiger charge is 2.18. The van der Waals surface area contributed by atoms with Crippen LogP contribution in [0.3, 0.4) is 0 Å². The molecule has 3 rings (SSSR count). The van der Waals surface area contributed by atoms with Gasteiger partial charge in [0, 0.05) is 12.4 Å². The summed E-state index contributed by atoms with van der Waals surface area (Å²) in [6, 6.07) is 11.5. The molecule has 1 aromatic carbocycles. The third-order valence-electron chi connectivity index (χ3n) is 3.74. The van der Waals surface area contributed by atoms with E-state index >= 15 is 0 Å². The molecule has 0 aliphatic carbocycles. The van der Waals surface area contributed by atoms with Gasteiger partial charge in [0.2, 0.25) is 0 Å². The van der Waals surface area contributed by atoms with Gasteiger partial charge in [0.15, 0.2) is 12.4 Å². The first-order valence-corrected chi connectivity index (χ1v) is 8.13. The Labute approximate surface area is 154 Å². The maximum absolute atomic E-state index is 12.5. The number of hydrogen-bond acceptors (Lipinski definition) is 6. The number of carbonyl (C=O) groups excluding carboxylic acids is 3. The molecule has 0 saturated heterocycles. The maximum atomic E-state index is 12.5. The predicted octanol–water partition coefficient (Wildman–Crippen LogP) is 2.42. The van der Waals surface area contributed by atoms with Gasteiger partial charge in [0.05, 0.1) is 11.1 Å². The molecule has 3 aromatic rings. The fourth-order valence-electron chi connectivity index (χ4n) is 2.48. The zero-order valence-corrected chi connectivity index (χ0v) is 14.7. The molecule has 138 valence electrons. The van der Waals surface area contributed by atoms with Gasteiger partial charge in [0.1, 0.15) is 11.5 Å². The molecule has 3 amide bonds. The summed E-state index contributed by atoms with van der Waals surface area (Å²) in [6.45, 7) is 1.23. The van der Waals surface area contributed by atoms with Crippen molar-refractivity contribution in [2.75, 3.05) is 13.7 Å². The van der Waals surface area contributed by atoms with Gasteiger partial charge < -0.3 is 14.5 Å². The minimum absolute atomic E-state index is 0.248. The topological polar surface area (TPSA) is 111 Å². The molecule has 0 atom stereocenters. The SMILES string of the molecule is CNC(=O)NC(=O)COC(=O)c1cc(-c2ccc(C)o2)nc2ccccc12. The number of pyridine rings is 1. The van der Waals surface area contributed by atoms with Gasteiger partial charge >= 0.3 is 12.0 Å². The van der Waals surface area contributed by atoms with E-state index in [1.165, 1.54) is 7.05 Å². The molecule has 27 heavy (non-hydrogen) atoms. The van der Waals surface area contributed by atoms with Crippen molar-refractivity contribution < 1.29 is 23.5 Å². The summed E-state index contributed by atoms with van der Waals surface area (Å²) in [7, 11) is 1.37. The number of esters is 1. The third kappa shape index (κ3) is 4.12. The Morgan fingerprint density at radius 3 is 2.63 bits per heavy atom. The second kappa shape index (κ2) is 7.69. The fraction of sp³-hybridized carbons (Fsp3) is 0.158. The first-order valence-electron chi connectivity index (χ1n) is 8.13. The average Bonchev–Trinajstić information content (AvgIpc) is 3.11. The molecule has 0 spiro atoms. The molecule has 0 aliphatic heterocycles. The lowest BCUT2D eigenvalue weighted by Crippen LogP contribution is -2.39. The number of carbonyl (C=O) groups is 3. The number of rotatable bonds is 4. The van der Waals surface area contributed by atoms with Gasteiger partial charge in [-0.05, 0) is 31.2 Å². The van der Waals surface area contributed by atoms with E-state index in [2.05, 4.69) is 10.3 Å². The molecule has 2 aromatic heterocycles. The summed E-state index contributed by atoms with van der Waals surface area (Å²) in [5.41, 5.74) is 1.31. The summed E-state index contributed by atoms with van der Waals surface area (Å²) in [5.74, 6) is -0.201. The lowest BCUT2D eigenvalue weighted by Gasteiger charge is -2.09. The van der Waals surface area contributed by atoms with Crippen molar-refractivity contribution in [3.63, 3.8) is 0 Å². The van der Waals surface area contributed by atoms with E-state index in [1.54, 1.807) is 42.5 Å². The third-order valence-corrected chi connectivity index (χ3v) is 3.74. The minimum atomic E-state index is -0.733. The number of furan rings is 1. The van der Waals surface area contributed by atoms with Crippen LogP contribution in [0.4, 0.5) is 4.79 Å². The quantitative estimate of drug-likeness (QED) is 0.685. The van der Waals surface area contributed by atoms with Crippen molar-refractivity contribution in [3.05, 3.63) is 53.8 Å². The minimum Gasteiger partial charge on any atom is -0.460 e. The van der Waals surface area contributed by atoms with Crippen LogP contribution in [0.2, 0.25) is 0 Å². The number of nitrogens with zero attached hydrogens (tertiary/aromatic N) is 1. The number of aryl methyl sites for hydroxylation is 1. The zero-order chi connectivity index (χ0) is 19.4. The smallest absolute Gasteiger partial charge is 0.339 e. The molecule has 2 N–H and O–H groups in total. The maximum Gasteiger partial charge on any atom is 0.339 e. The number of imide groups is 1. The number of aromatic nitrogens is 1. The van der Waals surface area contributed by atoms with Crippen LogP contribution >= 0.6 is 0 Å². The highest BCUT2D eigenvalue weighted by Crippen LogP contribution is 2.26. The normalized spacial score (nSPS) is 10.4. The number of para-hydroxylation sites is 1. The van der Waals surface area contributed by atoms with E-state index in [-0.39, 0.29) is 5.56 Å². The number of fused-ring (bicyclic) bond motifs is 1. The number of nitrogens with one attached hydrogen (secondary N) is 2. The van der Waals surface area contributed by atoms with Crippen LogP contribution in [-0.2, 0) is 9.53 Å². The Balaban J connectivity index is 1.89. The molecular formula is C19H17N3O5. The number of hydrogen-bond donors (Lipinski definition) is 2. The number of benzene rings is 1. The van der Waals surface area contributed by atoms with Crippen LogP contribution < -0.4 is 10.6 Å². The second-order valence-corrected chi connectivity index (χ2v) is 5.69. The Bertz CT molecular complexity index is 1030. The van der Waals surface area contributed by atoms with Gasteiger partial charge in [-0.25, -0.2) is 14.6 Å². The fourth-order valence-corrected chi connectivity index (χ4v) is 2.48. The van der Waals surface area contributed by atoms with E-state index in [4.69, 9.17) is 9.15 Å². The monoisotopic (exact) mass is 367 g/mol. The summed E-state index contributed by atoms with van der Waals surface area (Å²) in [5, 5.41) is 4.84. The molecule has 0 radical (unpaired) electrons. The van der Waals surface area contributed by atoms with Crippen molar-refractivity contribution in [2.45, 2.75) is 6.92 Å². The summed E-state index contributed by atoms with van der Waals surface area (Å²) in [4.78, 5) is 39.8. The molecule has 0 saturated carbocycles. The van der Waals surface area contributed by atoms with Crippen molar-refractivity contribution >= 4 is 28.8 Å². The zero-order valence-electron chi connectivity index (χ0n) is 14.7. The van der Waals surface area contributed by atoms with Crippen molar-refractivity contribution in [2.24, 2.45) is 0 Å². The van der Waals surface area contributed by atoms with Gasteiger partial charge in [-0.2, -0.15) is 0 Å². The van der Waals surface area contributed by atoms with E-state index in [0.29, 0.717) is 22.4 Å². The Kier molecular flexibility index (Phi) is 5.16. The van der Waals surface area contributed by atoms with Crippen LogP contribution in [0.15, 0.2) is 46.9 Å². The van der Waals surface area contributed by atoms with Crippen LogP contribution in [0, 0.1) is 6.92 Å². The molecule has 8 nitrogen and oxygen atoms in total. The van der Waals surface area contributed by atoms with E-state index in [1.807, 2.05) is 12.2 Å². The van der Waals surface area contributed by atoms with Gasteiger partial charge in [-0.1, -0.05) is 18.2 Å². The van der Waals surface area contributed by atoms with E-state index in [9.17, 15) is 14.4 Å². The van der Waals surface area contributed by atoms with E-state index < -0.39 is 24.5 Å². The van der Waals surface area contributed by atoms with Crippen LogP contribution in [-0.4, -0.2) is 36.5 Å². The van der Waals surface area contributed by atoms with Gasteiger partial charge in [-0.3, -0.25) is 10.1 Å². The Morgan fingerprint density at radius 2 is 1.93 bits per heavy atom. The largest absolute Gasteiger partial charge is 0.460 e. The molecule has 0 unspecified atom stereocenters. The molecule has 0 aliphatic rings. The number of amides is 3. The first-order chi connectivity index (χ1) is 13.0. The molecular weight excluding hydrogens is 350 g/mol. The van der Waals surface area contributed by atoms with Crippen molar-refractivity contribution in [3.8, 4) is 11.5 Å². The summed E-state index contributed by atoms with van der Waals surface area (Å²) < 4.78 is 10.6. The van der Waals surface area contributed by atoms with Crippen LogP contribution in [0.25, 0.3) is 22.4 Å². The highest BCUT2D eigenvalue weighted by atomic mass is 16.5. The van der Waals surface area contributed by atoms with Crippen molar-refractivity contribution in [1.82, 2.24) is 15.6 Å². The number of ether oxygens (including phenoxy) is 1. The molecule has 8 heteroatoms. The van der Waals surface area contributed by atoms with Gasteiger partial charge in [-0.15, -0.1) is 0 Å². The first kappa shape index (κ1) is 18.1. The lowest BCUT2D eigenvalue weighted by molar-refractivity contribution is -0.123. The molecule has 0 bridgehead atoms. The Morgan fingerprint density at radius 1 is 1.15 bits per heavy atom.